The summed E-state index contributed by atoms with van der Waals surface area (Å²) in [7, 11) is 0. The Morgan fingerprint density at radius 1 is 1.13 bits per heavy atom. The lowest BCUT2D eigenvalue weighted by molar-refractivity contribution is -0.161. The zero-order valence-corrected chi connectivity index (χ0v) is 16.5. The molecule has 2 fully saturated rings. The number of aromatic hydroxyl groups is 1. The van der Waals surface area contributed by atoms with Crippen molar-refractivity contribution in [1.82, 2.24) is 0 Å². The van der Waals surface area contributed by atoms with Gasteiger partial charge in [0.05, 0.1) is 19.0 Å². The molecule has 3 rings (SSSR count). The number of halogens is 2. The zero-order chi connectivity index (χ0) is 16.7. The minimum atomic E-state index is -0.882. The molecule has 0 spiro atoms. The molecule has 7 heteroatoms. The number of carboxylic acids is 1. The maximum Gasteiger partial charge on any atom is 0.310 e. The molecule has 0 saturated heterocycles. The van der Waals surface area contributed by atoms with Gasteiger partial charge in [0, 0.05) is 0 Å². The Morgan fingerprint density at radius 3 is 2.26 bits per heavy atom. The lowest BCUT2D eigenvalue weighted by Gasteiger charge is -2.26. The second-order valence-corrected chi connectivity index (χ2v) is 8.56. The van der Waals surface area contributed by atoms with Gasteiger partial charge in [-0.1, -0.05) is 0 Å². The number of phenolic OH excluding ortho intramolecular Hbond substituents is 1. The van der Waals surface area contributed by atoms with E-state index >= 15 is 0 Å². The molecule has 1 aromatic carbocycles. The van der Waals surface area contributed by atoms with Gasteiger partial charge < -0.3 is 14.9 Å². The number of carboxylic acid groups (broad SMARTS) is 1. The Morgan fingerprint density at radius 2 is 1.70 bits per heavy atom. The van der Waals surface area contributed by atoms with E-state index in [0.717, 1.165) is 24.8 Å². The first-order valence-corrected chi connectivity index (χ1v) is 9.60. The Labute approximate surface area is 161 Å². The molecule has 2 bridgehead atoms. The van der Waals surface area contributed by atoms with Crippen LogP contribution in [-0.2, 0) is 20.9 Å². The van der Waals surface area contributed by atoms with Gasteiger partial charge in [0.1, 0.15) is 12.4 Å². The molecule has 0 aliphatic heterocycles. The number of ether oxygens (including phenoxy) is 1. The molecule has 4 unspecified atom stereocenters. The summed E-state index contributed by atoms with van der Waals surface area (Å²) < 4.78 is 6.80. The predicted molar refractivity (Wildman–Crippen MR) is 98.8 cm³/mol. The molecule has 4 atom stereocenters. The van der Waals surface area contributed by atoms with Crippen molar-refractivity contribution in [1.29, 1.82) is 0 Å². The topological polar surface area (TPSA) is 83.8 Å². The number of benzene rings is 1. The van der Waals surface area contributed by atoms with Crippen LogP contribution in [0, 0.1) is 30.8 Å². The largest absolute Gasteiger partial charge is 0.506 e. The lowest BCUT2D eigenvalue weighted by Crippen LogP contribution is -2.35. The van der Waals surface area contributed by atoms with E-state index in [-0.39, 0.29) is 24.2 Å². The van der Waals surface area contributed by atoms with E-state index in [1.165, 1.54) is 0 Å². The molecule has 124 valence electrons. The van der Waals surface area contributed by atoms with Crippen LogP contribution in [0.1, 0.15) is 24.8 Å². The highest BCUT2D eigenvalue weighted by molar-refractivity contribution is 14.1. The minimum Gasteiger partial charge on any atom is -0.506 e. The Balaban J connectivity index is 1.69. The first kappa shape index (κ1) is 17.2. The van der Waals surface area contributed by atoms with E-state index in [1.54, 1.807) is 12.1 Å². The highest BCUT2D eigenvalue weighted by Gasteiger charge is 2.54. The highest BCUT2D eigenvalue weighted by atomic mass is 127. The quantitative estimate of drug-likeness (QED) is 0.451. The smallest absolute Gasteiger partial charge is 0.310 e. The van der Waals surface area contributed by atoms with Gasteiger partial charge in [0.25, 0.3) is 0 Å². The van der Waals surface area contributed by atoms with Gasteiger partial charge in [-0.3, -0.25) is 9.59 Å². The van der Waals surface area contributed by atoms with Gasteiger partial charge in [0.15, 0.2) is 0 Å². The van der Waals surface area contributed by atoms with Crippen LogP contribution < -0.4 is 0 Å². The van der Waals surface area contributed by atoms with Crippen molar-refractivity contribution in [2.45, 2.75) is 25.9 Å². The summed E-state index contributed by atoms with van der Waals surface area (Å²) in [5, 5.41) is 19.2. The van der Waals surface area contributed by atoms with Crippen LogP contribution in [0.2, 0.25) is 0 Å². The standard InChI is InChI=1S/C16H16I2O5/c17-10-3-7(4-11(18)14(10)19)6-23-16(22)13-9-2-1-8(5-9)12(13)15(20)21/h3-4,8-9,12-13,19H,1-2,5-6H2,(H,20,21). The number of hydrogen-bond acceptors (Lipinski definition) is 4. The number of fused-ring (bicyclic) bond motifs is 2. The summed E-state index contributed by atoms with van der Waals surface area (Å²) in [5.74, 6) is -1.90. The summed E-state index contributed by atoms with van der Waals surface area (Å²) in [5.41, 5.74) is 0.792. The summed E-state index contributed by atoms with van der Waals surface area (Å²) in [4.78, 5) is 23.9. The monoisotopic (exact) mass is 542 g/mol. The third-order valence-electron chi connectivity index (χ3n) is 4.93. The van der Waals surface area contributed by atoms with E-state index in [1.807, 2.05) is 45.2 Å². The minimum absolute atomic E-state index is 0.103. The molecule has 2 N–H and O–H groups in total. The third-order valence-corrected chi connectivity index (χ3v) is 6.58. The van der Waals surface area contributed by atoms with E-state index in [2.05, 4.69) is 0 Å². The van der Waals surface area contributed by atoms with Gasteiger partial charge in [-0.2, -0.15) is 0 Å². The molecule has 2 saturated carbocycles. The molecule has 0 heterocycles. The summed E-state index contributed by atoms with van der Waals surface area (Å²) >= 11 is 4.05. The van der Waals surface area contributed by atoms with Gasteiger partial charge in [-0.25, -0.2) is 0 Å². The van der Waals surface area contributed by atoms with Gasteiger partial charge in [-0.15, -0.1) is 0 Å². The number of rotatable bonds is 4. The Kier molecular flexibility index (Phi) is 5.05. The Hall–Kier alpha value is -0.580. The average Bonchev–Trinajstić information content (AvgIpc) is 3.10. The Bertz CT molecular complexity index is 637. The van der Waals surface area contributed by atoms with Crippen molar-refractivity contribution in [3.63, 3.8) is 0 Å². The molecule has 2 aliphatic carbocycles. The molecule has 23 heavy (non-hydrogen) atoms. The fourth-order valence-corrected chi connectivity index (χ4v) is 5.83. The number of hydrogen-bond donors (Lipinski definition) is 2. The first-order valence-electron chi connectivity index (χ1n) is 7.44. The highest BCUT2D eigenvalue weighted by Crippen LogP contribution is 2.52. The van der Waals surface area contributed by atoms with Crippen molar-refractivity contribution in [2.75, 3.05) is 0 Å². The molecule has 5 nitrogen and oxygen atoms in total. The van der Waals surface area contributed by atoms with Crippen molar-refractivity contribution in [2.24, 2.45) is 23.7 Å². The second-order valence-electron chi connectivity index (χ2n) is 6.24. The maximum atomic E-state index is 12.4. The number of carbonyl (C=O) groups is 2. The molecule has 2 aliphatic rings. The van der Waals surface area contributed by atoms with Crippen LogP contribution in [0.5, 0.6) is 5.75 Å². The normalized spacial score (nSPS) is 28.8. The summed E-state index contributed by atoms with van der Waals surface area (Å²) in [6.45, 7) is 0.103. The molecule has 1 aromatic rings. The fraction of sp³-hybridized carbons (Fsp3) is 0.500. The van der Waals surface area contributed by atoms with Crippen LogP contribution >= 0.6 is 45.2 Å². The third kappa shape index (κ3) is 3.31. The van der Waals surface area contributed by atoms with Crippen LogP contribution in [0.3, 0.4) is 0 Å². The van der Waals surface area contributed by atoms with Crippen molar-refractivity contribution >= 4 is 57.1 Å². The fourth-order valence-electron chi connectivity index (χ4n) is 3.94. The van der Waals surface area contributed by atoms with E-state index < -0.39 is 23.8 Å². The molecule has 0 aromatic heterocycles. The van der Waals surface area contributed by atoms with Gasteiger partial charge in [0.2, 0.25) is 0 Å². The number of phenols is 1. The van der Waals surface area contributed by atoms with E-state index in [0.29, 0.717) is 7.14 Å². The number of esters is 1. The summed E-state index contributed by atoms with van der Waals surface area (Å²) in [6.07, 6.45) is 2.65. The molecule has 0 amide bonds. The van der Waals surface area contributed by atoms with E-state index in [9.17, 15) is 19.8 Å². The van der Waals surface area contributed by atoms with Gasteiger partial charge >= 0.3 is 11.9 Å². The maximum absolute atomic E-state index is 12.4. The number of carbonyl (C=O) groups excluding carboxylic acids is 1. The lowest BCUT2D eigenvalue weighted by atomic mass is 9.79. The second kappa shape index (κ2) is 6.73. The molecular weight excluding hydrogens is 526 g/mol. The first-order chi connectivity index (χ1) is 10.9. The van der Waals surface area contributed by atoms with Crippen LogP contribution in [0.4, 0.5) is 0 Å². The predicted octanol–water partition coefficient (Wildman–Crippen LogP) is 3.39. The van der Waals surface area contributed by atoms with Crippen LogP contribution in [0.15, 0.2) is 12.1 Å². The van der Waals surface area contributed by atoms with Crippen LogP contribution in [-0.4, -0.2) is 22.2 Å². The van der Waals surface area contributed by atoms with E-state index in [4.69, 9.17) is 4.74 Å². The van der Waals surface area contributed by atoms with Gasteiger partial charge in [-0.05, 0) is 94.0 Å². The van der Waals surface area contributed by atoms with Crippen LogP contribution in [0.25, 0.3) is 0 Å². The summed E-state index contributed by atoms with van der Waals surface area (Å²) in [6, 6.07) is 3.53. The number of aliphatic carboxylic acids is 1. The average molecular weight is 542 g/mol. The molecule has 0 radical (unpaired) electrons. The SMILES string of the molecule is O=C(O)C1C2CCC(C2)C1C(=O)OCc1cc(I)c(O)c(I)c1. The van der Waals surface area contributed by atoms with Crippen molar-refractivity contribution < 1.29 is 24.5 Å². The zero-order valence-electron chi connectivity index (χ0n) is 12.2. The van der Waals surface area contributed by atoms with Crippen molar-refractivity contribution in [3.05, 3.63) is 24.8 Å². The molecular formula is C16H16I2O5. The van der Waals surface area contributed by atoms with Crippen molar-refractivity contribution in [3.8, 4) is 5.75 Å².